The largest absolute Gasteiger partial charge is 0.393 e. The van der Waals surface area contributed by atoms with Crippen molar-refractivity contribution in [2.45, 2.75) is 43.7 Å². The average Bonchev–Trinajstić information content (AvgIpc) is 2.06. The molecule has 2 aliphatic carbocycles. The molecule has 0 unspecified atom stereocenters. The van der Waals surface area contributed by atoms with Crippen LogP contribution in [0.4, 0.5) is 0 Å². The Hall–Kier alpha value is -0.610. The van der Waals surface area contributed by atoms with Crippen molar-refractivity contribution < 1.29 is 9.90 Å². The predicted molar refractivity (Wildman–Crippen MR) is 52.5 cm³/mol. The van der Waals surface area contributed by atoms with E-state index in [0.717, 1.165) is 32.1 Å². The van der Waals surface area contributed by atoms with Gasteiger partial charge in [-0.1, -0.05) is 0 Å². The summed E-state index contributed by atoms with van der Waals surface area (Å²) in [4.78, 5) is 11.6. The molecule has 2 fully saturated rings. The number of aliphatic hydroxyl groups is 1. The normalized spacial score (nSPS) is 34.1. The number of rotatable bonds is 3. The zero-order valence-electron chi connectivity index (χ0n) is 8.33. The van der Waals surface area contributed by atoms with Gasteiger partial charge < -0.3 is 16.2 Å². The van der Waals surface area contributed by atoms with E-state index in [4.69, 9.17) is 10.8 Å². The highest BCUT2D eigenvalue weighted by atomic mass is 16.3. The van der Waals surface area contributed by atoms with Gasteiger partial charge in [-0.05, 0) is 38.0 Å². The highest BCUT2D eigenvalue weighted by molar-refractivity contribution is 5.86. The van der Waals surface area contributed by atoms with E-state index >= 15 is 0 Å². The van der Waals surface area contributed by atoms with Crippen LogP contribution in [0, 0.1) is 5.92 Å². The first-order valence-corrected chi connectivity index (χ1v) is 5.35. The van der Waals surface area contributed by atoms with Crippen molar-refractivity contribution in [3.8, 4) is 0 Å². The summed E-state index contributed by atoms with van der Waals surface area (Å²) < 4.78 is 0. The highest BCUT2D eigenvalue weighted by Crippen LogP contribution is 2.30. The number of amides is 1. The summed E-state index contributed by atoms with van der Waals surface area (Å²) in [6.07, 6.45) is 4.17. The van der Waals surface area contributed by atoms with Gasteiger partial charge in [0.25, 0.3) is 0 Å². The van der Waals surface area contributed by atoms with Crippen molar-refractivity contribution in [3.05, 3.63) is 0 Å². The number of hydrogen-bond donors (Lipinski definition) is 3. The number of nitrogens with two attached hydrogens (primary N) is 1. The van der Waals surface area contributed by atoms with Crippen LogP contribution in [-0.4, -0.2) is 29.2 Å². The summed E-state index contributed by atoms with van der Waals surface area (Å²) in [6.45, 7) is 0.675. The smallest absolute Gasteiger partial charge is 0.240 e. The van der Waals surface area contributed by atoms with Gasteiger partial charge in [-0.3, -0.25) is 4.79 Å². The number of aliphatic hydroxyl groups excluding tert-OH is 1. The van der Waals surface area contributed by atoms with Crippen LogP contribution in [0.5, 0.6) is 0 Å². The van der Waals surface area contributed by atoms with Gasteiger partial charge in [0, 0.05) is 6.54 Å². The average molecular weight is 198 g/mol. The first-order chi connectivity index (χ1) is 6.60. The summed E-state index contributed by atoms with van der Waals surface area (Å²) in [5.41, 5.74) is 5.28. The molecule has 2 aliphatic rings. The van der Waals surface area contributed by atoms with E-state index in [2.05, 4.69) is 5.32 Å². The Morgan fingerprint density at radius 1 is 1.50 bits per heavy atom. The lowest BCUT2D eigenvalue weighted by molar-refractivity contribution is -0.129. The van der Waals surface area contributed by atoms with Crippen LogP contribution in [0.3, 0.4) is 0 Å². The Kier molecular flexibility index (Phi) is 2.49. The van der Waals surface area contributed by atoms with Crippen LogP contribution in [-0.2, 0) is 4.79 Å². The molecule has 0 spiro atoms. The maximum Gasteiger partial charge on any atom is 0.240 e. The second-order valence-corrected chi connectivity index (χ2v) is 4.71. The third-order valence-corrected chi connectivity index (χ3v) is 3.46. The maximum absolute atomic E-state index is 11.6. The van der Waals surface area contributed by atoms with Crippen molar-refractivity contribution in [2.75, 3.05) is 6.54 Å². The number of carbonyl (C=O) groups is 1. The molecule has 80 valence electrons. The molecular formula is C10H18N2O2. The van der Waals surface area contributed by atoms with E-state index < -0.39 is 5.54 Å². The van der Waals surface area contributed by atoms with Gasteiger partial charge >= 0.3 is 0 Å². The van der Waals surface area contributed by atoms with Gasteiger partial charge in [-0.25, -0.2) is 0 Å². The summed E-state index contributed by atoms with van der Waals surface area (Å²) in [5.74, 6) is 0.447. The van der Waals surface area contributed by atoms with Gasteiger partial charge in [0.2, 0.25) is 5.91 Å². The Balaban J connectivity index is 1.68. The molecule has 0 atom stereocenters. The molecule has 0 aromatic carbocycles. The number of nitrogens with one attached hydrogen (secondary N) is 1. The Labute approximate surface area is 83.9 Å². The lowest BCUT2D eigenvalue weighted by atomic mass is 9.76. The fraction of sp³-hybridized carbons (Fsp3) is 0.900. The van der Waals surface area contributed by atoms with Crippen molar-refractivity contribution >= 4 is 5.91 Å². The highest BCUT2D eigenvalue weighted by Gasteiger charge is 2.40. The molecule has 0 aliphatic heterocycles. The minimum Gasteiger partial charge on any atom is -0.393 e. The lowest BCUT2D eigenvalue weighted by Crippen LogP contribution is -2.59. The van der Waals surface area contributed by atoms with E-state index in [1.54, 1.807) is 0 Å². The van der Waals surface area contributed by atoms with Crippen LogP contribution in [0.2, 0.25) is 0 Å². The van der Waals surface area contributed by atoms with E-state index in [0.29, 0.717) is 12.5 Å². The van der Waals surface area contributed by atoms with E-state index in [1.165, 1.54) is 0 Å². The van der Waals surface area contributed by atoms with Gasteiger partial charge in [0.05, 0.1) is 11.6 Å². The molecule has 0 saturated heterocycles. The molecule has 14 heavy (non-hydrogen) atoms. The summed E-state index contributed by atoms with van der Waals surface area (Å²) in [6, 6.07) is 0. The summed E-state index contributed by atoms with van der Waals surface area (Å²) >= 11 is 0. The Morgan fingerprint density at radius 3 is 2.57 bits per heavy atom. The van der Waals surface area contributed by atoms with Crippen LogP contribution < -0.4 is 11.1 Å². The molecule has 1 amide bonds. The first-order valence-electron chi connectivity index (χ1n) is 5.35. The molecule has 4 N–H and O–H groups in total. The molecule has 0 aromatic rings. The SMILES string of the molecule is NC1(C(=O)NCC2CC(O)C2)CCC1. The quantitative estimate of drug-likeness (QED) is 0.585. The Morgan fingerprint density at radius 2 is 2.14 bits per heavy atom. The molecule has 0 heterocycles. The minimum atomic E-state index is -0.581. The molecule has 2 rings (SSSR count). The summed E-state index contributed by atoms with van der Waals surface area (Å²) in [7, 11) is 0. The topological polar surface area (TPSA) is 75.4 Å². The van der Waals surface area contributed by atoms with Crippen LogP contribution in [0.25, 0.3) is 0 Å². The summed E-state index contributed by atoms with van der Waals surface area (Å²) in [5, 5.41) is 11.9. The molecule has 0 bridgehead atoms. The second-order valence-electron chi connectivity index (χ2n) is 4.71. The first kappa shape index (κ1) is 9.93. The maximum atomic E-state index is 11.6. The molecule has 4 heteroatoms. The molecule has 0 aromatic heterocycles. The van der Waals surface area contributed by atoms with Crippen LogP contribution in [0.15, 0.2) is 0 Å². The standard InChI is InChI=1S/C10H18N2O2/c11-10(2-1-3-10)9(14)12-6-7-4-8(13)5-7/h7-8,13H,1-6,11H2,(H,12,14). The number of carbonyl (C=O) groups excluding carboxylic acids is 1. The van der Waals surface area contributed by atoms with Gasteiger partial charge in [0.15, 0.2) is 0 Å². The van der Waals surface area contributed by atoms with Crippen LogP contribution in [0.1, 0.15) is 32.1 Å². The van der Waals surface area contributed by atoms with E-state index in [1.807, 2.05) is 0 Å². The molecular weight excluding hydrogens is 180 g/mol. The zero-order chi connectivity index (χ0) is 10.2. The van der Waals surface area contributed by atoms with Gasteiger partial charge in [0.1, 0.15) is 0 Å². The third-order valence-electron chi connectivity index (χ3n) is 3.46. The van der Waals surface area contributed by atoms with Crippen molar-refractivity contribution in [1.29, 1.82) is 0 Å². The minimum absolute atomic E-state index is 0.00913. The monoisotopic (exact) mass is 198 g/mol. The second kappa shape index (κ2) is 3.51. The fourth-order valence-corrected chi connectivity index (χ4v) is 2.06. The van der Waals surface area contributed by atoms with Crippen molar-refractivity contribution in [3.63, 3.8) is 0 Å². The van der Waals surface area contributed by atoms with E-state index in [-0.39, 0.29) is 12.0 Å². The Bertz CT molecular complexity index is 232. The molecule has 2 saturated carbocycles. The van der Waals surface area contributed by atoms with Gasteiger partial charge in [-0.15, -0.1) is 0 Å². The molecule has 4 nitrogen and oxygen atoms in total. The predicted octanol–water partition coefficient (Wildman–Crippen LogP) is -0.245. The third kappa shape index (κ3) is 1.77. The lowest BCUT2D eigenvalue weighted by Gasteiger charge is -2.38. The zero-order valence-corrected chi connectivity index (χ0v) is 8.33. The van der Waals surface area contributed by atoms with Crippen LogP contribution >= 0.6 is 0 Å². The fourth-order valence-electron chi connectivity index (χ4n) is 2.06. The van der Waals surface area contributed by atoms with Gasteiger partial charge in [-0.2, -0.15) is 0 Å². The van der Waals surface area contributed by atoms with Crippen molar-refractivity contribution in [1.82, 2.24) is 5.32 Å². The molecule has 0 radical (unpaired) electrons. The van der Waals surface area contributed by atoms with E-state index in [9.17, 15) is 4.79 Å². The number of hydrogen-bond acceptors (Lipinski definition) is 3. The van der Waals surface area contributed by atoms with Crippen molar-refractivity contribution in [2.24, 2.45) is 11.7 Å².